The third-order valence-electron chi connectivity index (χ3n) is 2.94. The Kier molecular flexibility index (Phi) is 2.77. The Labute approximate surface area is 107 Å². The van der Waals surface area contributed by atoms with Crippen LogP contribution in [0.1, 0.15) is 17.2 Å². The van der Waals surface area contributed by atoms with Crippen LogP contribution in [0.2, 0.25) is 0 Å². The van der Waals surface area contributed by atoms with Crippen LogP contribution in [-0.2, 0) is 0 Å². The number of hydrogen-bond acceptors (Lipinski definition) is 4. The van der Waals surface area contributed by atoms with Crippen molar-refractivity contribution < 1.29 is 4.42 Å². The van der Waals surface area contributed by atoms with E-state index in [1.54, 1.807) is 11.3 Å². The van der Waals surface area contributed by atoms with Gasteiger partial charge in [-0.05, 0) is 47.1 Å². The fourth-order valence-electron chi connectivity index (χ4n) is 2.11. The van der Waals surface area contributed by atoms with Crippen molar-refractivity contribution in [1.82, 2.24) is 10.3 Å². The third-order valence-corrected chi connectivity index (χ3v) is 3.65. The van der Waals surface area contributed by atoms with Crippen LogP contribution in [0, 0.1) is 0 Å². The molecule has 2 aromatic heterocycles. The fourth-order valence-corrected chi connectivity index (χ4v) is 2.79. The van der Waals surface area contributed by atoms with E-state index in [0.29, 0.717) is 5.58 Å². The van der Waals surface area contributed by atoms with E-state index < -0.39 is 5.76 Å². The van der Waals surface area contributed by atoms with Crippen molar-refractivity contribution in [2.45, 2.75) is 6.04 Å². The highest BCUT2D eigenvalue weighted by molar-refractivity contribution is 7.08. The Balaban J connectivity index is 2.09. The molecule has 0 aliphatic heterocycles. The molecular weight excluding hydrogens is 248 g/mol. The summed E-state index contributed by atoms with van der Waals surface area (Å²) in [6.45, 7) is 0. The van der Waals surface area contributed by atoms with Gasteiger partial charge >= 0.3 is 5.76 Å². The van der Waals surface area contributed by atoms with Gasteiger partial charge in [0, 0.05) is 0 Å². The molecule has 92 valence electrons. The van der Waals surface area contributed by atoms with Gasteiger partial charge in [0.25, 0.3) is 0 Å². The molecule has 5 heteroatoms. The minimum atomic E-state index is -0.418. The Hall–Kier alpha value is -1.85. The number of rotatable bonds is 3. The van der Waals surface area contributed by atoms with Crippen LogP contribution in [0.5, 0.6) is 0 Å². The number of hydrogen-bond donors (Lipinski definition) is 2. The second kappa shape index (κ2) is 4.44. The predicted molar refractivity (Wildman–Crippen MR) is 72.1 cm³/mol. The van der Waals surface area contributed by atoms with Crippen molar-refractivity contribution >= 4 is 22.4 Å². The molecule has 0 saturated heterocycles. The van der Waals surface area contributed by atoms with Crippen LogP contribution >= 0.6 is 11.3 Å². The van der Waals surface area contributed by atoms with Gasteiger partial charge in [-0.15, -0.1) is 0 Å². The summed E-state index contributed by atoms with van der Waals surface area (Å²) in [7, 11) is 1.92. The SMILES string of the molecule is CNC(c1ccsc1)c1ccc2[nH]c(=O)oc2c1. The summed E-state index contributed by atoms with van der Waals surface area (Å²) >= 11 is 1.67. The maximum Gasteiger partial charge on any atom is 0.417 e. The molecule has 0 fully saturated rings. The number of benzene rings is 1. The van der Waals surface area contributed by atoms with E-state index in [-0.39, 0.29) is 6.04 Å². The molecule has 18 heavy (non-hydrogen) atoms. The van der Waals surface area contributed by atoms with Gasteiger partial charge in [-0.2, -0.15) is 11.3 Å². The van der Waals surface area contributed by atoms with Gasteiger partial charge < -0.3 is 9.73 Å². The second-order valence-corrected chi connectivity index (χ2v) is 4.83. The molecule has 3 rings (SSSR count). The van der Waals surface area contributed by atoms with Crippen LogP contribution in [0.25, 0.3) is 11.1 Å². The van der Waals surface area contributed by atoms with Crippen LogP contribution in [0.4, 0.5) is 0 Å². The molecule has 0 bridgehead atoms. The first kappa shape index (κ1) is 11.3. The van der Waals surface area contributed by atoms with Crippen LogP contribution < -0.4 is 11.1 Å². The molecule has 0 amide bonds. The normalized spacial score (nSPS) is 12.9. The summed E-state index contributed by atoms with van der Waals surface area (Å²) in [4.78, 5) is 13.8. The van der Waals surface area contributed by atoms with Crippen LogP contribution in [0.3, 0.4) is 0 Å². The fraction of sp³-hybridized carbons (Fsp3) is 0.154. The average Bonchev–Trinajstić information content (AvgIpc) is 2.97. The van der Waals surface area contributed by atoms with Crippen molar-refractivity contribution in [2.75, 3.05) is 7.05 Å². The molecule has 0 radical (unpaired) electrons. The monoisotopic (exact) mass is 260 g/mol. The number of nitrogens with one attached hydrogen (secondary N) is 2. The Morgan fingerprint density at radius 1 is 1.33 bits per heavy atom. The molecule has 1 atom stereocenters. The second-order valence-electron chi connectivity index (χ2n) is 4.05. The third kappa shape index (κ3) is 1.87. The summed E-state index contributed by atoms with van der Waals surface area (Å²) in [6.07, 6.45) is 0. The van der Waals surface area contributed by atoms with Crippen LogP contribution in [-0.4, -0.2) is 12.0 Å². The van der Waals surface area contributed by atoms with Gasteiger partial charge in [-0.1, -0.05) is 6.07 Å². The van der Waals surface area contributed by atoms with Gasteiger partial charge in [0.1, 0.15) is 0 Å². The molecule has 3 aromatic rings. The Bertz CT molecular complexity index is 712. The topological polar surface area (TPSA) is 58.0 Å². The first-order valence-corrected chi connectivity index (χ1v) is 6.54. The zero-order valence-corrected chi connectivity index (χ0v) is 10.6. The Morgan fingerprint density at radius 3 is 2.94 bits per heavy atom. The maximum atomic E-state index is 11.1. The van der Waals surface area contributed by atoms with E-state index in [1.165, 1.54) is 5.56 Å². The van der Waals surface area contributed by atoms with E-state index in [0.717, 1.165) is 11.1 Å². The number of oxazole rings is 1. The summed E-state index contributed by atoms with van der Waals surface area (Å²) in [5, 5.41) is 7.43. The molecule has 2 N–H and O–H groups in total. The standard InChI is InChI=1S/C13H12N2O2S/c1-14-12(9-4-5-18-7-9)8-2-3-10-11(6-8)17-13(16)15-10/h2-7,12,14H,1H3,(H,15,16). The highest BCUT2D eigenvalue weighted by Gasteiger charge is 2.13. The smallest absolute Gasteiger partial charge is 0.408 e. The molecule has 1 aromatic carbocycles. The lowest BCUT2D eigenvalue weighted by atomic mass is 10.0. The number of aromatic amines is 1. The van der Waals surface area contributed by atoms with Crippen molar-refractivity contribution in [3.05, 3.63) is 56.7 Å². The van der Waals surface area contributed by atoms with E-state index in [9.17, 15) is 4.79 Å². The minimum Gasteiger partial charge on any atom is -0.408 e. The average molecular weight is 260 g/mol. The molecule has 0 spiro atoms. The minimum absolute atomic E-state index is 0.112. The first-order chi connectivity index (χ1) is 8.78. The van der Waals surface area contributed by atoms with Gasteiger partial charge in [0.05, 0.1) is 11.6 Å². The van der Waals surface area contributed by atoms with Crippen molar-refractivity contribution in [2.24, 2.45) is 0 Å². The van der Waals surface area contributed by atoms with Gasteiger partial charge in [-0.3, -0.25) is 4.98 Å². The number of thiophene rings is 1. The molecule has 0 saturated carbocycles. The quantitative estimate of drug-likeness (QED) is 0.760. The lowest BCUT2D eigenvalue weighted by molar-refractivity contribution is 0.554. The number of H-pyrrole nitrogens is 1. The highest BCUT2D eigenvalue weighted by atomic mass is 32.1. The summed E-state index contributed by atoms with van der Waals surface area (Å²) < 4.78 is 5.08. The highest BCUT2D eigenvalue weighted by Crippen LogP contribution is 2.25. The predicted octanol–water partition coefficient (Wildman–Crippen LogP) is 2.49. The number of aromatic nitrogens is 1. The zero-order chi connectivity index (χ0) is 12.5. The van der Waals surface area contributed by atoms with E-state index in [2.05, 4.69) is 27.1 Å². The summed E-state index contributed by atoms with van der Waals surface area (Å²) in [6, 6.07) is 7.95. The van der Waals surface area contributed by atoms with Gasteiger partial charge in [-0.25, -0.2) is 4.79 Å². The summed E-state index contributed by atoms with van der Waals surface area (Å²) in [5.41, 5.74) is 3.60. The van der Waals surface area contributed by atoms with E-state index in [4.69, 9.17) is 4.42 Å². The van der Waals surface area contributed by atoms with Crippen LogP contribution in [0.15, 0.2) is 44.2 Å². The van der Waals surface area contributed by atoms with Crippen molar-refractivity contribution in [3.63, 3.8) is 0 Å². The maximum absolute atomic E-state index is 11.1. The molecule has 2 heterocycles. The largest absolute Gasteiger partial charge is 0.417 e. The van der Waals surface area contributed by atoms with E-state index in [1.807, 2.05) is 25.2 Å². The van der Waals surface area contributed by atoms with Crippen molar-refractivity contribution in [3.8, 4) is 0 Å². The van der Waals surface area contributed by atoms with Gasteiger partial charge in [0.2, 0.25) is 0 Å². The molecule has 0 aliphatic carbocycles. The summed E-state index contributed by atoms with van der Waals surface area (Å²) in [5.74, 6) is -0.418. The van der Waals surface area contributed by atoms with Gasteiger partial charge in [0.15, 0.2) is 5.58 Å². The first-order valence-electron chi connectivity index (χ1n) is 5.60. The van der Waals surface area contributed by atoms with E-state index >= 15 is 0 Å². The zero-order valence-electron chi connectivity index (χ0n) is 9.77. The molecular formula is C13H12N2O2S. The Morgan fingerprint density at radius 2 is 2.22 bits per heavy atom. The molecule has 1 unspecified atom stereocenters. The lowest BCUT2D eigenvalue weighted by Crippen LogP contribution is -2.16. The number of fused-ring (bicyclic) bond motifs is 1. The molecule has 4 nitrogen and oxygen atoms in total. The lowest BCUT2D eigenvalue weighted by Gasteiger charge is -2.15. The van der Waals surface area contributed by atoms with Crippen molar-refractivity contribution in [1.29, 1.82) is 0 Å². The molecule has 0 aliphatic rings.